The number of nitrogens with one attached hydrogen (secondary N) is 1. The number of rotatable bonds is 3. The molecule has 1 atom stereocenters. The van der Waals surface area contributed by atoms with Gasteiger partial charge in [-0.2, -0.15) is 0 Å². The number of carbonyl (C=O) groups is 1. The van der Waals surface area contributed by atoms with Gasteiger partial charge in [-0.05, 0) is 41.8 Å². The molecule has 1 unspecified atom stereocenters. The minimum Gasteiger partial charge on any atom is -0.325 e. The van der Waals surface area contributed by atoms with Crippen LogP contribution in [0.2, 0.25) is 10.0 Å². The Labute approximate surface area is 155 Å². The van der Waals surface area contributed by atoms with Crippen molar-refractivity contribution in [3.8, 4) is 0 Å². The summed E-state index contributed by atoms with van der Waals surface area (Å²) in [5.74, 6) is -0.102. The van der Waals surface area contributed by atoms with Crippen LogP contribution in [0.5, 0.6) is 0 Å². The Balaban J connectivity index is 1.99. The van der Waals surface area contributed by atoms with Crippen LogP contribution in [0, 0.1) is 0 Å². The number of carbonyl (C=O) groups excluding carboxylic acids is 1. The average Bonchev–Trinajstić information content (AvgIpc) is 2.89. The Bertz CT molecular complexity index is 945. The molecule has 1 amide bonds. The average molecular weight is 369 g/mol. The Morgan fingerprint density at radius 2 is 1.72 bits per heavy atom. The molecule has 3 nitrogen and oxygen atoms in total. The SMILES string of the molecule is O=C1Nc2cc(Cl)cc(Cl)c2C1(Cc1ccncc1)c1ccccc1. The van der Waals surface area contributed by atoms with Crippen LogP contribution >= 0.6 is 23.2 Å². The molecule has 25 heavy (non-hydrogen) atoms. The van der Waals surface area contributed by atoms with Gasteiger partial charge in [0, 0.05) is 33.7 Å². The van der Waals surface area contributed by atoms with E-state index in [1.807, 2.05) is 42.5 Å². The van der Waals surface area contributed by atoms with Crippen LogP contribution in [0.25, 0.3) is 0 Å². The molecule has 0 saturated heterocycles. The zero-order valence-electron chi connectivity index (χ0n) is 13.2. The standard InChI is InChI=1S/C20H14Cl2N2O/c21-15-10-16(22)18-17(11-15)24-19(25)20(18,14-4-2-1-3-5-14)12-13-6-8-23-9-7-13/h1-11H,12H2,(H,24,25). The zero-order valence-corrected chi connectivity index (χ0v) is 14.7. The summed E-state index contributed by atoms with van der Waals surface area (Å²) in [5, 5.41) is 3.95. The summed E-state index contributed by atoms with van der Waals surface area (Å²) in [6.45, 7) is 0. The molecular weight excluding hydrogens is 355 g/mol. The number of halogens is 2. The van der Waals surface area contributed by atoms with Crippen molar-refractivity contribution >= 4 is 34.8 Å². The molecule has 0 radical (unpaired) electrons. The summed E-state index contributed by atoms with van der Waals surface area (Å²) in [6, 6.07) is 17.0. The molecule has 4 rings (SSSR count). The summed E-state index contributed by atoms with van der Waals surface area (Å²) in [7, 11) is 0. The third-order valence-electron chi connectivity index (χ3n) is 4.60. The molecule has 0 aliphatic carbocycles. The largest absolute Gasteiger partial charge is 0.325 e. The fourth-order valence-corrected chi connectivity index (χ4v) is 4.18. The van der Waals surface area contributed by atoms with E-state index in [0.717, 1.165) is 16.7 Å². The van der Waals surface area contributed by atoms with E-state index in [1.165, 1.54) is 0 Å². The third-order valence-corrected chi connectivity index (χ3v) is 5.12. The summed E-state index contributed by atoms with van der Waals surface area (Å²) < 4.78 is 0. The van der Waals surface area contributed by atoms with Gasteiger partial charge in [0.2, 0.25) is 5.91 Å². The van der Waals surface area contributed by atoms with Crippen molar-refractivity contribution in [2.75, 3.05) is 5.32 Å². The monoisotopic (exact) mass is 368 g/mol. The molecule has 1 aromatic heterocycles. The van der Waals surface area contributed by atoms with Gasteiger partial charge in [-0.3, -0.25) is 9.78 Å². The Kier molecular flexibility index (Phi) is 3.98. The highest BCUT2D eigenvalue weighted by Crippen LogP contribution is 2.49. The zero-order chi connectivity index (χ0) is 17.4. The van der Waals surface area contributed by atoms with E-state index in [0.29, 0.717) is 22.2 Å². The topological polar surface area (TPSA) is 42.0 Å². The molecule has 1 aliphatic heterocycles. The highest BCUT2D eigenvalue weighted by atomic mass is 35.5. The second kappa shape index (κ2) is 6.17. The van der Waals surface area contributed by atoms with Gasteiger partial charge in [0.05, 0.1) is 0 Å². The molecule has 2 heterocycles. The number of nitrogens with zero attached hydrogens (tertiary/aromatic N) is 1. The normalized spacial score (nSPS) is 18.7. The predicted octanol–water partition coefficient (Wildman–Crippen LogP) is 4.87. The molecule has 5 heteroatoms. The lowest BCUT2D eigenvalue weighted by atomic mass is 9.71. The van der Waals surface area contributed by atoms with Crippen molar-refractivity contribution in [1.29, 1.82) is 0 Å². The van der Waals surface area contributed by atoms with Crippen molar-refractivity contribution in [1.82, 2.24) is 4.98 Å². The van der Waals surface area contributed by atoms with Gasteiger partial charge < -0.3 is 5.32 Å². The quantitative estimate of drug-likeness (QED) is 0.716. The summed E-state index contributed by atoms with van der Waals surface area (Å²) in [5.41, 5.74) is 2.44. The highest BCUT2D eigenvalue weighted by molar-refractivity contribution is 6.37. The first-order valence-electron chi connectivity index (χ1n) is 7.86. The van der Waals surface area contributed by atoms with Crippen LogP contribution in [-0.2, 0) is 16.6 Å². The molecule has 0 bridgehead atoms. The minimum atomic E-state index is -0.903. The number of hydrogen-bond acceptors (Lipinski definition) is 2. The Morgan fingerprint density at radius 1 is 1.00 bits per heavy atom. The molecule has 0 saturated carbocycles. The molecule has 3 aromatic rings. The van der Waals surface area contributed by atoms with Crippen molar-refractivity contribution < 1.29 is 4.79 Å². The predicted molar refractivity (Wildman–Crippen MR) is 100 cm³/mol. The first kappa shape index (κ1) is 16.1. The smallest absolute Gasteiger partial charge is 0.239 e. The molecular formula is C20H14Cl2N2O. The van der Waals surface area contributed by atoms with Crippen LogP contribution in [0.3, 0.4) is 0 Å². The van der Waals surface area contributed by atoms with Crippen molar-refractivity contribution in [2.24, 2.45) is 0 Å². The molecule has 124 valence electrons. The summed E-state index contributed by atoms with van der Waals surface area (Å²) in [4.78, 5) is 17.3. The highest BCUT2D eigenvalue weighted by Gasteiger charge is 2.49. The summed E-state index contributed by atoms with van der Waals surface area (Å²) >= 11 is 12.7. The second-order valence-electron chi connectivity index (χ2n) is 6.07. The maximum absolute atomic E-state index is 13.2. The van der Waals surface area contributed by atoms with E-state index >= 15 is 0 Å². The van der Waals surface area contributed by atoms with Crippen LogP contribution in [0.1, 0.15) is 16.7 Å². The number of aromatic nitrogens is 1. The molecule has 1 N–H and O–H groups in total. The van der Waals surface area contributed by atoms with Gasteiger partial charge in [0.15, 0.2) is 0 Å². The van der Waals surface area contributed by atoms with E-state index in [2.05, 4.69) is 10.3 Å². The Hall–Kier alpha value is -2.36. The maximum Gasteiger partial charge on any atom is 0.239 e. The van der Waals surface area contributed by atoms with Crippen molar-refractivity contribution in [3.63, 3.8) is 0 Å². The van der Waals surface area contributed by atoms with Gasteiger partial charge in [-0.15, -0.1) is 0 Å². The molecule has 0 spiro atoms. The first-order chi connectivity index (χ1) is 12.1. The number of benzene rings is 2. The van der Waals surface area contributed by atoms with E-state index in [-0.39, 0.29) is 5.91 Å². The maximum atomic E-state index is 13.2. The Morgan fingerprint density at radius 3 is 2.44 bits per heavy atom. The first-order valence-corrected chi connectivity index (χ1v) is 8.62. The van der Waals surface area contributed by atoms with Crippen LogP contribution in [0.15, 0.2) is 67.0 Å². The van der Waals surface area contributed by atoms with Gasteiger partial charge in [0.1, 0.15) is 5.41 Å². The number of pyridine rings is 1. The second-order valence-corrected chi connectivity index (χ2v) is 6.91. The van der Waals surface area contributed by atoms with E-state index < -0.39 is 5.41 Å². The summed E-state index contributed by atoms with van der Waals surface area (Å²) in [6.07, 6.45) is 3.94. The number of amides is 1. The van der Waals surface area contributed by atoms with Crippen molar-refractivity contribution in [2.45, 2.75) is 11.8 Å². The van der Waals surface area contributed by atoms with E-state index in [4.69, 9.17) is 23.2 Å². The van der Waals surface area contributed by atoms with Crippen LogP contribution in [0.4, 0.5) is 5.69 Å². The fraction of sp³-hybridized carbons (Fsp3) is 0.100. The lowest BCUT2D eigenvalue weighted by Gasteiger charge is -2.29. The van der Waals surface area contributed by atoms with Crippen LogP contribution in [-0.4, -0.2) is 10.9 Å². The number of fused-ring (bicyclic) bond motifs is 1. The van der Waals surface area contributed by atoms with Gasteiger partial charge in [-0.1, -0.05) is 53.5 Å². The van der Waals surface area contributed by atoms with Crippen molar-refractivity contribution in [3.05, 3.63) is 93.7 Å². The molecule has 0 fully saturated rings. The number of hydrogen-bond donors (Lipinski definition) is 1. The lowest BCUT2D eigenvalue weighted by molar-refractivity contribution is -0.119. The van der Waals surface area contributed by atoms with Crippen LogP contribution < -0.4 is 5.32 Å². The number of anilines is 1. The van der Waals surface area contributed by atoms with E-state index in [1.54, 1.807) is 24.5 Å². The molecule has 2 aromatic carbocycles. The van der Waals surface area contributed by atoms with Gasteiger partial charge in [0.25, 0.3) is 0 Å². The van der Waals surface area contributed by atoms with Gasteiger partial charge >= 0.3 is 0 Å². The fourth-order valence-electron chi connectivity index (χ4n) is 3.52. The molecule has 1 aliphatic rings. The minimum absolute atomic E-state index is 0.102. The van der Waals surface area contributed by atoms with Gasteiger partial charge in [-0.25, -0.2) is 0 Å². The third kappa shape index (κ3) is 2.60. The van der Waals surface area contributed by atoms with E-state index in [9.17, 15) is 4.79 Å². The lowest BCUT2D eigenvalue weighted by Crippen LogP contribution is -2.38.